The van der Waals surface area contributed by atoms with Gasteiger partial charge in [-0.05, 0) is 37.9 Å². The lowest BCUT2D eigenvalue weighted by Crippen LogP contribution is -2.50. The standard InChI is InChI=1S/C13H16Cl2N2O/c1-2-13(7-4-8-16-13)12(18)17-10-6-3-5-9(14)11(10)15/h3,5-6,16H,2,4,7-8H2,1H3,(H,17,18). The third-order valence-electron chi connectivity index (χ3n) is 3.48. The number of nitrogens with one attached hydrogen (secondary N) is 2. The number of halogens is 2. The number of anilines is 1. The molecule has 0 bridgehead atoms. The zero-order valence-electron chi connectivity index (χ0n) is 10.2. The number of amides is 1. The summed E-state index contributed by atoms with van der Waals surface area (Å²) in [5.74, 6) is -0.0355. The molecule has 1 aliphatic rings. The monoisotopic (exact) mass is 286 g/mol. The third-order valence-corrected chi connectivity index (χ3v) is 4.30. The van der Waals surface area contributed by atoms with Crippen LogP contribution in [0.5, 0.6) is 0 Å². The lowest BCUT2D eigenvalue weighted by atomic mass is 9.93. The Labute approximate surface area is 117 Å². The van der Waals surface area contributed by atoms with E-state index in [1.54, 1.807) is 18.2 Å². The minimum Gasteiger partial charge on any atom is -0.323 e. The van der Waals surface area contributed by atoms with E-state index in [1.807, 2.05) is 6.92 Å². The van der Waals surface area contributed by atoms with Gasteiger partial charge in [0.25, 0.3) is 0 Å². The fraction of sp³-hybridized carbons (Fsp3) is 0.462. The van der Waals surface area contributed by atoms with E-state index in [0.717, 1.165) is 25.8 Å². The molecule has 18 heavy (non-hydrogen) atoms. The maximum Gasteiger partial charge on any atom is 0.244 e. The van der Waals surface area contributed by atoms with Crippen molar-refractivity contribution in [3.8, 4) is 0 Å². The summed E-state index contributed by atoms with van der Waals surface area (Å²) in [6, 6.07) is 5.22. The highest BCUT2D eigenvalue weighted by Gasteiger charge is 2.39. The second-order valence-corrected chi connectivity index (χ2v) is 5.31. The molecule has 0 saturated carbocycles. The van der Waals surface area contributed by atoms with Crippen molar-refractivity contribution in [1.29, 1.82) is 0 Å². The molecule has 1 aromatic rings. The van der Waals surface area contributed by atoms with Gasteiger partial charge < -0.3 is 10.6 Å². The molecule has 1 amide bonds. The molecule has 0 spiro atoms. The molecular formula is C13H16Cl2N2O. The smallest absolute Gasteiger partial charge is 0.244 e. The van der Waals surface area contributed by atoms with Crippen LogP contribution in [0.15, 0.2) is 18.2 Å². The highest BCUT2D eigenvalue weighted by Crippen LogP contribution is 2.31. The molecule has 98 valence electrons. The number of carbonyl (C=O) groups excluding carboxylic acids is 1. The van der Waals surface area contributed by atoms with Crippen LogP contribution in [0.1, 0.15) is 26.2 Å². The van der Waals surface area contributed by atoms with Gasteiger partial charge >= 0.3 is 0 Å². The van der Waals surface area contributed by atoms with Crippen LogP contribution in [0.3, 0.4) is 0 Å². The maximum atomic E-state index is 12.4. The highest BCUT2D eigenvalue weighted by molar-refractivity contribution is 6.44. The molecule has 0 radical (unpaired) electrons. The molecule has 2 rings (SSSR count). The summed E-state index contributed by atoms with van der Waals surface area (Å²) >= 11 is 12.0. The Morgan fingerprint density at radius 2 is 2.28 bits per heavy atom. The van der Waals surface area contributed by atoms with Gasteiger partial charge in [-0.2, -0.15) is 0 Å². The van der Waals surface area contributed by atoms with Crippen LogP contribution in [-0.4, -0.2) is 18.0 Å². The molecule has 2 N–H and O–H groups in total. The molecule has 1 fully saturated rings. The minimum atomic E-state index is -0.467. The van der Waals surface area contributed by atoms with E-state index in [9.17, 15) is 4.79 Å². The Morgan fingerprint density at radius 3 is 2.89 bits per heavy atom. The van der Waals surface area contributed by atoms with Gasteiger partial charge in [0, 0.05) is 0 Å². The lowest BCUT2D eigenvalue weighted by molar-refractivity contribution is -0.122. The average Bonchev–Trinajstić information content (AvgIpc) is 2.85. The van der Waals surface area contributed by atoms with E-state index in [4.69, 9.17) is 23.2 Å². The van der Waals surface area contributed by atoms with E-state index in [1.165, 1.54) is 0 Å². The van der Waals surface area contributed by atoms with Crippen molar-refractivity contribution >= 4 is 34.8 Å². The summed E-state index contributed by atoms with van der Waals surface area (Å²) in [4.78, 5) is 12.4. The van der Waals surface area contributed by atoms with Gasteiger partial charge in [-0.15, -0.1) is 0 Å². The fourth-order valence-corrected chi connectivity index (χ4v) is 2.65. The van der Waals surface area contributed by atoms with Gasteiger partial charge in [0.2, 0.25) is 5.91 Å². The SMILES string of the molecule is CCC1(C(=O)Nc2cccc(Cl)c2Cl)CCCN1. The van der Waals surface area contributed by atoms with Gasteiger partial charge in [0.05, 0.1) is 21.3 Å². The lowest BCUT2D eigenvalue weighted by Gasteiger charge is -2.27. The summed E-state index contributed by atoms with van der Waals surface area (Å²) < 4.78 is 0. The van der Waals surface area contributed by atoms with Gasteiger partial charge in [-0.3, -0.25) is 4.79 Å². The van der Waals surface area contributed by atoms with Crippen molar-refractivity contribution in [1.82, 2.24) is 5.32 Å². The molecular weight excluding hydrogens is 271 g/mol. The first-order chi connectivity index (χ1) is 8.59. The highest BCUT2D eigenvalue weighted by atomic mass is 35.5. The Kier molecular flexibility index (Phi) is 4.15. The number of carbonyl (C=O) groups is 1. The molecule has 1 unspecified atom stereocenters. The van der Waals surface area contributed by atoms with Crippen molar-refractivity contribution in [2.24, 2.45) is 0 Å². The minimum absolute atomic E-state index is 0.0355. The molecule has 0 aromatic heterocycles. The molecule has 5 heteroatoms. The Hall–Kier alpha value is -0.770. The predicted octanol–water partition coefficient (Wildman–Crippen LogP) is 3.46. The molecule has 1 aliphatic heterocycles. The van der Waals surface area contributed by atoms with Gasteiger partial charge in [0.1, 0.15) is 0 Å². The molecule has 0 aliphatic carbocycles. The quantitative estimate of drug-likeness (QED) is 0.893. The molecule has 3 nitrogen and oxygen atoms in total. The van der Waals surface area contributed by atoms with Crippen molar-refractivity contribution in [3.05, 3.63) is 28.2 Å². The van der Waals surface area contributed by atoms with Crippen LogP contribution in [0.4, 0.5) is 5.69 Å². The fourth-order valence-electron chi connectivity index (χ4n) is 2.30. The number of rotatable bonds is 3. The second-order valence-electron chi connectivity index (χ2n) is 4.52. The molecule has 1 atom stereocenters. The molecule has 1 saturated heterocycles. The second kappa shape index (κ2) is 5.47. The summed E-state index contributed by atoms with van der Waals surface area (Å²) in [6.07, 6.45) is 2.63. The first-order valence-corrected chi connectivity index (χ1v) is 6.85. The number of benzene rings is 1. The van der Waals surface area contributed by atoms with Crippen molar-refractivity contribution in [3.63, 3.8) is 0 Å². The normalized spacial score (nSPS) is 23.1. The third kappa shape index (κ3) is 2.48. The summed E-state index contributed by atoms with van der Waals surface area (Å²) in [5.41, 5.74) is 0.0988. The van der Waals surface area contributed by atoms with E-state index in [2.05, 4.69) is 10.6 Å². The largest absolute Gasteiger partial charge is 0.323 e. The van der Waals surface area contributed by atoms with Crippen LogP contribution in [0.2, 0.25) is 10.0 Å². The van der Waals surface area contributed by atoms with Crippen molar-refractivity contribution in [2.75, 3.05) is 11.9 Å². The van der Waals surface area contributed by atoms with E-state index in [0.29, 0.717) is 15.7 Å². The van der Waals surface area contributed by atoms with Crippen LogP contribution in [0.25, 0.3) is 0 Å². The summed E-state index contributed by atoms with van der Waals surface area (Å²) in [7, 11) is 0. The summed E-state index contributed by atoms with van der Waals surface area (Å²) in [6.45, 7) is 2.89. The number of hydrogen-bond donors (Lipinski definition) is 2. The van der Waals surface area contributed by atoms with Crippen LogP contribution in [-0.2, 0) is 4.79 Å². The summed E-state index contributed by atoms with van der Waals surface area (Å²) in [5, 5.41) is 6.98. The predicted molar refractivity (Wildman–Crippen MR) is 75.4 cm³/mol. The zero-order valence-corrected chi connectivity index (χ0v) is 11.7. The Morgan fingerprint density at radius 1 is 1.50 bits per heavy atom. The van der Waals surface area contributed by atoms with E-state index in [-0.39, 0.29) is 5.91 Å². The topological polar surface area (TPSA) is 41.1 Å². The van der Waals surface area contributed by atoms with Crippen LogP contribution >= 0.6 is 23.2 Å². The van der Waals surface area contributed by atoms with Gasteiger partial charge in [0.15, 0.2) is 0 Å². The number of hydrogen-bond acceptors (Lipinski definition) is 2. The van der Waals surface area contributed by atoms with Gasteiger partial charge in [-0.25, -0.2) is 0 Å². The van der Waals surface area contributed by atoms with Crippen molar-refractivity contribution < 1.29 is 4.79 Å². The maximum absolute atomic E-state index is 12.4. The first kappa shape index (κ1) is 13.7. The van der Waals surface area contributed by atoms with Crippen LogP contribution in [0, 0.1) is 0 Å². The van der Waals surface area contributed by atoms with E-state index < -0.39 is 5.54 Å². The first-order valence-electron chi connectivity index (χ1n) is 6.09. The average molecular weight is 287 g/mol. The van der Waals surface area contributed by atoms with E-state index >= 15 is 0 Å². The van der Waals surface area contributed by atoms with Crippen LogP contribution < -0.4 is 10.6 Å². The Balaban J connectivity index is 2.18. The van der Waals surface area contributed by atoms with Crippen molar-refractivity contribution in [2.45, 2.75) is 31.7 Å². The van der Waals surface area contributed by atoms with Gasteiger partial charge in [-0.1, -0.05) is 36.2 Å². The zero-order chi connectivity index (χ0) is 13.2. The molecule has 1 aromatic carbocycles. The molecule has 1 heterocycles. The Bertz CT molecular complexity index is 456.